The fraction of sp³-hybridized carbons (Fsp3) is 0.636. The van der Waals surface area contributed by atoms with Crippen molar-refractivity contribution in [3.05, 3.63) is 11.1 Å². The summed E-state index contributed by atoms with van der Waals surface area (Å²) in [6, 6.07) is 0.422. The van der Waals surface area contributed by atoms with E-state index in [4.69, 9.17) is 0 Å². The Morgan fingerprint density at radius 3 is 3.24 bits per heavy atom. The number of nitrogens with one attached hydrogen (secondary N) is 1. The van der Waals surface area contributed by atoms with Crippen LogP contribution in [0.1, 0.15) is 23.3 Å². The number of hydrogen-bond acceptors (Lipinski definition) is 6. The van der Waals surface area contributed by atoms with E-state index in [0.29, 0.717) is 11.7 Å². The molecule has 1 aliphatic heterocycles. The van der Waals surface area contributed by atoms with Gasteiger partial charge < -0.3 is 15.0 Å². The molecule has 0 aromatic carbocycles. The normalized spacial score (nSPS) is 21.2. The van der Waals surface area contributed by atoms with Gasteiger partial charge in [-0.2, -0.15) is 0 Å². The largest absolute Gasteiger partial charge is 0.464 e. The first kappa shape index (κ1) is 12.3. The number of piperidine rings is 1. The molecule has 5 nitrogen and oxygen atoms in total. The summed E-state index contributed by atoms with van der Waals surface area (Å²) >= 11 is 1.45. The van der Waals surface area contributed by atoms with Gasteiger partial charge in [-0.05, 0) is 26.4 Å². The maximum Gasteiger partial charge on any atom is 0.357 e. The Bertz CT molecular complexity index is 394. The summed E-state index contributed by atoms with van der Waals surface area (Å²) in [4.78, 5) is 17.8. The molecule has 0 spiro atoms. The summed E-state index contributed by atoms with van der Waals surface area (Å²) in [7, 11) is 3.49. The maximum absolute atomic E-state index is 11.3. The Hall–Kier alpha value is -1.14. The summed E-state index contributed by atoms with van der Waals surface area (Å²) in [6.07, 6.45) is 2.35. The van der Waals surface area contributed by atoms with E-state index < -0.39 is 0 Å². The van der Waals surface area contributed by atoms with E-state index in [1.807, 2.05) is 0 Å². The lowest BCUT2D eigenvalue weighted by atomic mass is 10.1. The quantitative estimate of drug-likeness (QED) is 0.828. The summed E-state index contributed by atoms with van der Waals surface area (Å²) < 4.78 is 4.63. The number of carbonyl (C=O) groups is 1. The zero-order valence-electron chi connectivity index (χ0n) is 10.1. The van der Waals surface area contributed by atoms with Crippen molar-refractivity contribution in [2.45, 2.75) is 18.9 Å². The number of ether oxygens (including phenoxy) is 1. The minimum absolute atomic E-state index is 0.379. The first-order valence-corrected chi connectivity index (χ1v) is 6.56. The molecule has 1 unspecified atom stereocenters. The van der Waals surface area contributed by atoms with Crippen LogP contribution in [0, 0.1) is 0 Å². The highest BCUT2D eigenvalue weighted by atomic mass is 32.1. The third-order valence-corrected chi connectivity index (χ3v) is 3.62. The van der Waals surface area contributed by atoms with E-state index >= 15 is 0 Å². The van der Waals surface area contributed by atoms with Gasteiger partial charge in [-0.1, -0.05) is 0 Å². The van der Waals surface area contributed by atoms with E-state index in [1.54, 1.807) is 5.38 Å². The van der Waals surface area contributed by atoms with Gasteiger partial charge in [0.05, 0.1) is 7.11 Å². The molecular formula is C11H17N3O2S. The molecule has 1 atom stereocenters. The number of methoxy groups -OCH3 is 1. The van der Waals surface area contributed by atoms with Gasteiger partial charge in [-0.25, -0.2) is 9.78 Å². The Morgan fingerprint density at radius 2 is 2.53 bits per heavy atom. The molecule has 0 amide bonds. The molecule has 2 heterocycles. The van der Waals surface area contributed by atoms with Crippen LogP contribution in [-0.2, 0) is 4.74 Å². The predicted octanol–water partition coefficient (Wildman–Crippen LogP) is 1.44. The van der Waals surface area contributed by atoms with Gasteiger partial charge in [0.15, 0.2) is 10.8 Å². The average Bonchev–Trinajstić information content (AvgIpc) is 2.76. The lowest BCUT2D eigenvalue weighted by Gasteiger charge is -2.29. The van der Waals surface area contributed by atoms with E-state index in [-0.39, 0.29) is 5.97 Å². The highest BCUT2D eigenvalue weighted by molar-refractivity contribution is 7.13. The first-order chi connectivity index (χ1) is 8.19. The van der Waals surface area contributed by atoms with Gasteiger partial charge in [-0.15, -0.1) is 11.3 Å². The Morgan fingerprint density at radius 1 is 1.71 bits per heavy atom. The zero-order chi connectivity index (χ0) is 12.3. The van der Waals surface area contributed by atoms with Crippen LogP contribution < -0.4 is 5.32 Å². The molecule has 1 fully saturated rings. The zero-order valence-corrected chi connectivity index (χ0v) is 10.9. The fourth-order valence-corrected chi connectivity index (χ4v) is 2.76. The van der Waals surface area contributed by atoms with Crippen molar-refractivity contribution in [3.8, 4) is 0 Å². The molecule has 1 saturated heterocycles. The van der Waals surface area contributed by atoms with Gasteiger partial charge in [0.2, 0.25) is 0 Å². The van der Waals surface area contributed by atoms with Crippen molar-refractivity contribution in [2.75, 3.05) is 32.6 Å². The van der Waals surface area contributed by atoms with E-state index in [2.05, 4.69) is 27.0 Å². The van der Waals surface area contributed by atoms with Gasteiger partial charge in [-0.3, -0.25) is 0 Å². The van der Waals surface area contributed by atoms with Crippen LogP contribution >= 0.6 is 11.3 Å². The lowest BCUT2D eigenvalue weighted by molar-refractivity contribution is 0.0595. The van der Waals surface area contributed by atoms with Crippen molar-refractivity contribution in [2.24, 2.45) is 0 Å². The molecule has 94 valence electrons. The Balaban J connectivity index is 1.94. The molecule has 1 N–H and O–H groups in total. The van der Waals surface area contributed by atoms with Crippen LogP contribution in [0.4, 0.5) is 5.13 Å². The number of anilines is 1. The molecule has 1 aromatic heterocycles. The fourth-order valence-electron chi connectivity index (χ4n) is 2.00. The average molecular weight is 255 g/mol. The number of esters is 1. The van der Waals surface area contributed by atoms with Gasteiger partial charge in [0.1, 0.15) is 0 Å². The molecule has 6 heteroatoms. The van der Waals surface area contributed by atoms with Crippen molar-refractivity contribution in [1.29, 1.82) is 0 Å². The highest BCUT2D eigenvalue weighted by Gasteiger charge is 2.18. The molecule has 1 aliphatic rings. The first-order valence-electron chi connectivity index (χ1n) is 5.68. The van der Waals surface area contributed by atoms with Crippen molar-refractivity contribution in [1.82, 2.24) is 9.88 Å². The number of carbonyl (C=O) groups excluding carboxylic acids is 1. The Kier molecular flexibility index (Phi) is 3.96. The van der Waals surface area contributed by atoms with Crippen LogP contribution in [0.5, 0.6) is 0 Å². The molecule has 0 bridgehead atoms. The molecule has 17 heavy (non-hydrogen) atoms. The van der Waals surface area contributed by atoms with Crippen molar-refractivity contribution >= 4 is 22.4 Å². The lowest BCUT2D eigenvalue weighted by Crippen LogP contribution is -2.39. The summed E-state index contributed by atoms with van der Waals surface area (Å²) in [5, 5.41) is 5.89. The van der Waals surface area contributed by atoms with Crippen LogP contribution in [-0.4, -0.2) is 49.1 Å². The van der Waals surface area contributed by atoms with Crippen LogP contribution in [0.2, 0.25) is 0 Å². The molecule has 2 rings (SSSR count). The van der Waals surface area contributed by atoms with E-state index in [9.17, 15) is 4.79 Å². The van der Waals surface area contributed by atoms with Crippen LogP contribution in [0.3, 0.4) is 0 Å². The number of hydrogen-bond donors (Lipinski definition) is 1. The molecule has 0 aliphatic carbocycles. The summed E-state index contributed by atoms with van der Waals surface area (Å²) in [5.41, 5.74) is 0.379. The molecule has 0 saturated carbocycles. The van der Waals surface area contributed by atoms with Gasteiger partial charge in [0, 0.05) is 18.0 Å². The van der Waals surface area contributed by atoms with E-state index in [1.165, 1.54) is 24.9 Å². The van der Waals surface area contributed by atoms with Crippen LogP contribution in [0.15, 0.2) is 5.38 Å². The van der Waals surface area contributed by atoms with Crippen LogP contribution in [0.25, 0.3) is 0 Å². The second kappa shape index (κ2) is 5.46. The van der Waals surface area contributed by atoms with Gasteiger partial charge in [0.25, 0.3) is 0 Å². The summed E-state index contributed by atoms with van der Waals surface area (Å²) in [6.45, 7) is 2.18. The molecule has 0 radical (unpaired) electrons. The minimum atomic E-state index is -0.380. The maximum atomic E-state index is 11.3. The SMILES string of the molecule is COC(=O)c1csc(NC2CCCN(C)C2)n1. The topological polar surface area (TPSA) is 54.5 Å². The monoisotopic (exact) mass is 255 g/mol. The second-order valence-electron chi connectivity index (χ2n) is 4.28. The number of likely N-dealkylation sites (tertiary alicyclic amines) is 1. The van der Waals surface area contributed by atoms with Gasteiger partial charge >= 0.3 is 5.97 Å². The number of rotatable bonds is 3. The smallest absolute Gasteiger partial charge is 0.357 e. The summed E-state index contributed by atoms with van der Waals surface area (Å²) in [5.74, 6) is -0.380. The number of nitrogens with zero attached hydrogens (tertiary/aromatic N) is 2. The molecule has 1 aromatic rings. The van der Waals surface area contributed by atoms with Crippen molar-refractivity contribution < 1.29 is 9.53 Å². The predicted molar refractivity (Wildman–Crippen MR) is 67.6 cm³/mol. The number of aromatic nitrogens is 1. The number of thiazole rings is 1. The van der Waals surface area contributed by atoms with Crippen molar-refractivity contribution in [3.63, 3.8) is 0 Å². The standard InChI is InChI=1S/C11H17N3O2S/c1-14-5-3-4-8(6-14)12-11-13-9(7-17-11)10(15)16-2/h7-8H,3-6H2,1-2H3,(H,12,13). The van der Waals surface area contributed by atoms with E-state index in [0.717, 1.165) is 24.6 Å². The third kappa shape index (κ3) is 3.17. The number of likely N-dealkylation sites (N-methyl/N-ethyl adjacent to an activating group) is 1. The highest BCUT2D eigenvalue weighted by Crippen LogP contribution is 2.19. The molecular weight excluding hydrogens is 238 g/mol. The third-order valence-electron chi connectivity index (χ3n) is 2.85. The second-order valence-corrected chi connectivity index (χ2v) is 5.13. The Labute approximate surface area is 105 Å². The minimum Gasteiger partial charge on any atom is -0.464 e.